The zero-order chi connectivity index (χ0) is 13.3. The van der Waals surface area contributed by atoms with Crippen LogP contribution in [0.2, 0.25) is 0 Å². The standard InChI is InChI=1S/C12H7F3O2S/c13-12(14,15)11(17)6-8(16)10-5-7-3-1-2-4-9(7)18-10/h1-5H,6H2. The van der Waals surface area contributed by atoms with Gasteiger partial charge in [0, 0.05) is 4.70 Å². The van der Waals surface area contributed by atoms with Crippen molar-refractivity contribution in [2.45, 2.75) is 12.6 Å². The van der Waals surface area contributed by atoms with E-state index in [2.05, 4.69) is 0 Å². The molecule has 1 aromatic carbocycles. The zero-order valence-electron chi connectivity index (χ0n) is 8.95. The van der Waals surface area contributed by atoms with Crippen molar-refractivity contribution in [3.8, 4) is 0 Å². The predicted molar refractivity (Wildman–Crippen MR) is 61.8 cm³/mol. The molecule has 1 heterocycles. The minimum Gasteiger partial charge on any atom is -0.293 e. The summed E-state index contributed by atoms with van der Waals surface area (Å²) < 4.78 is 36.9. The molecule has 6 heteroatoms. The molecule has 2 nitrogen and oxygen atoms in total. The van der Waals surface area contributed by atoms with Gasteiger partial charge in [0.25, 0.3) is 0 Å². The molecular weight excluding hydrogens is 265 g/mol. The van der Waals surface area contributed by atoms with Crippen LogP contribution < -0.4 is 0 Å². The number of benzene rings is 1. The van der Waals surface area contributed by atoms with Gasteiger partial charge in [0.2, 0.25) is 5.78 Å². The van der Waals surface area contributed by atoms with E-state index in [0.29, 0.717) is 0 Å². The second kappa shape index (κ2) is 4.53. The lowest BCUT2D eigenvalue weighted by atomic mass is 10.1. The summed E-state index contributed by atoms with van der Waals surface area (Å²) >= 11 is 1.09. The van der Waals surface area contributed by atoms with Crippen molar-refractivity contribution in [3.63, 3.8) is 0 Å². The molecule has 0 aliphatic heterocycles. The molecule has 18 heavy (non-hydrogen) atoms. The summed E-state index contributed by atoms with van der Waals surface area (Å²) in [5, 5.41) is 0.783. The third-order valence-corrected chi connectivity index (χ3v) is 3.49. The Balaban J connectivity index is 2.21. The molecule has 0 atom stereocenters. The normalized spacial score (nSPS) is 11.7. The third kappa shape index (κ3) is 2.59. The lowest BCUT2D eigenvalue weighted by Gasteiger charge is -2.02. The number of ketones is 2. The van der Waals surface area contributed by atoms with Gasteiger partial charge in [-0.2, -0.15) is 13.2 Å². The number of hydrogen-bond acceptors (Lipinski definition) is 3. The van der Waals surface area contributed by atoms with E-state index in [1.54, 1.807) is 24.3 Å². The van der Waals surface area contributed by atoms with Gasteiger partial charge in [-0.1, -0.05) is 18.2 Å². The highest BCUT2D eigenvalue weighted by molar-refractivity contribution is 7.20. The van der Waals surface area contributed by atoms with Gasteiger partial charge in [-0.15, -0.1) is 11.3 Å². The maximum atomic E-state index is 12.0. The number of carbonyl (C=O) groups excluding carboxylic acids is 2. The molecule has 0 saturated carbocycles. The summed E-state index contributed by atoms with van der Waals surface area (Å²) in [5.41, 5.74) is 0. The number of hydrogen-bond donors (Lipinski definition) is 0. The van der Waals surface area contributed by atoms with Crippen molar-refractivity contribution in [2.24, 2.45) is 0 Å². The molecule has 2 rings (SSSR count). The first-order valence-electron chi connectivity index (χ1n) is 5.00. The van der Waals surface area contributed by atoms with Gasteiger partial charge in [-0.25, -0.2) is 0 Å². The van der Waals surface area contributed by atoms with E-state index in [4.69, 9.17) is 0 Å². The summed E-state index contributed by atoms with van der Waals surface area (Å²) in [6.07, 6.45) is -6.08. The molecular formula is C12H7F3O2S. The summed E-state index contributed by atoms with van der Waals surface area (Å²) in [4.78, 5) is 22.5. The highest BCUT2D eigenvalue weighted by Gasteiger charge is 2.39. The van der Waals surface area contributed by atoms with Gasteiger partial charge in [0.05, 0.1) is 11.3 Å². The number of alkyl halides is 3. The average Bonchev–Trinajstić information content (AvgIpc) is 2.71. The molecule has 0 fully saturated rings. The van der Waals surface area contributed by atoms with Gasteiger partial charge >= 0.3 is 6.18 Å². The van der Waals surface area contributed by atoms with Crippen LogP contribution in [0.15, 0.2) is 30.3 Å². The predicted octanol–water partition coefficient (Wildman–Crippen LogP) is 3.61. The van der Waals surface area contributed by atoms with Crippen molar-refractivity contribution in [1.29, 1.82) is 0 Å². The SMILES string of the molecule is O=C(CC(=O)C(F)(F)F)c1cc2ccccc2s1. The van der Waals surface area contributed by atoms with Crippen LogP contribution >= 0.6 is 11.3 Å². The van der Waals surface area contributed by atoms with Crippen LogP contribution in [0.25, 0.3) is 10.1 Å². The maximum absolute atomic E-state index is 12.0. The second-order valence-electron chi connectivity index (χ2n) is 3.67. The van der Waals surface area contributed by atoms with Gasteiger partial charge in [0.1, 0.15) is 0 Å². The molecule has 0 aliphatic rings. The Kier molecular flexibility index (Phi) is 3.21. The van der Waals surface area contributed by atoms with E-state index in [1.807, 2.05) is 0 Å². The van der Waals surface area contributed by atoms with Crippen molar-refractivity contribution in [1.82, 2.24) is 0 Å². The lowest BCUT2D eigenvalue weighted by molar-refractivity contribution is -0.169. The zero-order valence-corrected chi connectivity index (χ0v) is 9.77. The van der Waals surface area contributed by atoms with Gasteiger partial charge in [0.15, 0.2) is 5.78 Å². The Morgan fingerprint density at radius 2 is 1.83 bits per heavy atom. The Morgan fingerprint density at radius 3 is 2.44 bits per heavy atom. The van der Waals surface area contributed by atoms with E-state index in [-0.39, 0.29) is 4.88 Å². The molecule has 0 bridgehead atoms. The number of carbonyl (C=O) groups is 2. The Morgan fingerprint density at radius 1 is 1.17 bits per heavy atom. The van der Waals surface area contributed by atoms with Crippen LogP contribution in [0.3, 0.4) is 0 Å². The van der Waals surface area contributed by atoms with E-state index >= 15 is 0 Å². The molecule has 0 radical (unpaired) electrons. The minimum absolute atomic E-state index is 0.175. The summed E-state index contributed by atoms with van der Waals surface area (Å²) in [6.45, 7) is 0. The van der Waals surface area contributed by atoms with Crippen LogP contribution in [0.5, 0.6) is 0 Å². The lowest BCUT2D eigenvalue weighted by Crippen LogP contribution is -2.25. The smallest absolute Gasteiger partial charge is 0.293 e. The van der Waals surface area contributed by atoms with Crippen molar-refractivity contribution in [3.05, 3.63) is 35.2 Å². The van der Waals surface area contributed by atoms with E-state index in [0.717, 1.165) is 21.4 Å². The quantitative estimate of drug-likeness (QED) is 0.632. The number of thiophene rings is 1. The highest BCUT2D eigenvalue weighted by atomic mass is 32.1. The molecule has 0 saturated heterocycles. The monoisotopic (exact) mass is 272 g/mol. The van der Waals surface area contributed by atoms with Crippen LogP contribution in [0, 0.1) is 0 Å². The molecule has 0 amide bonds. The fourth-order valence-electron chi connectivity index (χ4n) is 1.45. The molecule has 0 N–H and O–H groups in total. The van der Waals surface area contributed by atoms with E-state index in [9.17, 15) is 22.8 Å². The highest BCUT2D eigenvalue weighted by Crippen LogP contribution is 2.27. The van der Waals surface area contributed by atoms with Crippen LogP contribution in [0.4, 0.5) is 13.2 Å². The number of rotatable bonds is 3. The maximum Gasteiger partial charge on any atom is 0.450 e. The van der Waals surface area contributed by atoms with Gasteiger partial charge < -0.3 is 0 Å². The summed E-state index contributed by atoms with van der Waals surface area (Å²) in [6, 6.07) is 8.57. The first-order valence-corrected chi connectivity index (χ1v) is 5.81. The van der Waals surface area contributed by atoms with Crippen LogP contribution in [0.1, 0.15) is 16.1 Å². The number of fused-ring (bicyclic) bond motifs is 1. The summed E-state index contributed by atoms with van der Waals surface area (Å²) in [7, 11) is 0. The Hall–Kier alpha value is -1.69. The van der Waals surface area contributed by atoms with Gasteiger partial charge in [-0.3, -0.25) is 9.59 Å². The largest absolute Gasteiger partial charge is 0.450 e. The van der Waals surface area contributed by atoms with Crippen molar-refractivity contribution < 1.29 is 22.8 Å². The first-order chi connectivity index (χ1) is 8.38. The average molecular weight is 272 g/mol. The number of halogens is 3. The first kappa shape index (κ1) is 12.8. The topological polar surface area (TPSA) is 34.1 Å². The molecule has 0 unspecified atom stereocenters. The fraction of sp³-hybridized carbons (Fsp3) is 0.167. The molecule has 1 aromatic heterocycles. The van der Waals surface area contributed by atoms with Crippen molar-refractivity contribution in [2.75, 3.05) is 0 Å². The molecule has 0 aliphatic carbocycles. The third-order valence-electron chi connectivity index (χ3n) is 2.34. The fourth-order valence-corrected chi connectivity index (χ4v) is 2.45. The Labute approximate surface area is 104 Å². The van der Waals surface area contributed by atoms with Gasteiger partial charge in [-0.05, 0) is 17.5 Å². The van der Waals surface area contributed by atoms with E-state index < -0.39 is 24.2 Å². The van der Waals surface area contributed by atoms with Crippen LogP contribution in [-0.2, 0) is 4.79 Å². The van der Waals surface area contributed by atoms with E-state index in [1.165, 1.54) is 6.07 Å². The van der Waals surface area contributed by atoms with Crippen molar-refractivity contribution >= 4 is 33.0 Å². The number of Topliss-reactive ketones (excluding diaryl/α,β-unsaturated/α-hetero) is 2. The molecule has 0 spiro atoms. The second-order valence-corrected chi connectivity index (χ2v) is 4.75. The Bertz CT molecular complexity index is 580. The molecule has 2 aromatic rings. The van der Waals surface area contributed by atoms with Crippen LogP contribution in [-0.4, -0.2) is 17.7 Å². The summed E-state index contributed by atoms with van der Waals surface area (Å²) in [5.74, 6) is -2.80. The molecule has 94 valence electrons. The minimum atomic E-state index is -4.95.